The van der Waals surface area contributed by atoms with Gasteiger partial charge in [-0.2, -0.15) is 0 Å². The second-order valence-electron chi connectivity index (χ2n) is 5.99. The molecule has 1 aromatic carbocycles. The zero-order chi connectivity index (χ0) is 13.4. The molecule has 2 unspecified atom stereocenters. The van der Waals surface area contributed by atoms with Gasteiger partial charge in [0.2, 0.25) is 0 Å². The average Bonchev–Trinajstić information content (AvgIpc) is 2.54. The molecule has 4 rings (SSSR count). The van der Waals surface area contributed by atoms with Crippen molar-refractivity contribution in [2.24, 2.45) is 5.92 Å². The van der Waals surface area contributed by atoms with Gasteiger partial charge >= 0.3 is 0 Å². The normalized spacial score (nSPS) is 26.1. The van der Waals surface area contributed by atoms with E-state index in [4.69, 9.17) is 0 Å². The summed E-state index contributed by atoms with van der Waals surface area (Å²) in [6, 6.07) is 11.1. The van der Waals surface area contributed by atoms with Crippen LogP contribution in [0.2, 0.25) is 0 Å². The number of hydrogen-bond acceptors (Lipinski definition) is 2. The zero-order valence-electron chi connectivity index (χ0n) is 11.7. The van der Waals surface area contributed by atoms with Crippen LogP contribution in [0.5, 0.6) is 0 Å². The Kier molecular flexibility index (Phi) is 3.04. The zero-order valence-corrected chi connectivity index (χ0v) is 11.7. The summed E-state index contributed by atoms with van der Waals surface area (Å²) in [5.41, 5.74) is 2.86. The number of fused-ring (bicyclic) bond motifs is 2. The molecule has 0 amide bonds. The van der Waals surface area contributed by atoms with Gasteiger partial charge in [0.15, 0.2) is 0 Å². The van der Waals surface area contributed by atoms with Crippen molar-refractivity contribution >= 4 is 10.8 Å². The molecule has 2 aromatic rings. The summed E-state index contributed by atoms with van der Waals surface area (Å²) < 4.78 is 0. The summed E-state index contributed by atoms with van der Waals surface area (Å²) in [5, 5.41) is 6.29. The number of rotatable bonds is 1. The van der Waals surface area contributed by atoms with Crippen molar-refractivity contribution in [3.8, 4) is 0 Å². The van der Waals surface area contributed by atoms with Crippen molar-refractivity contribution in [3.63, 3.8) is 0 Å². The monoisotopic (exact) mass is 264 g/mol. The van der Waals surface area contributed by atoms with Crippen LogP contribution in [-0.4, -0.2) is 11.5 Å². The molecule has 1 fully saturated rings. The molecule has 1 aliphatic heterocycles. The van der Waals surface area contributed by atoms with Gasteiger partial charge in [-0.05, 0) is 43.1 Å². The van der Waals surface area contributed by atoms with Crippen LogP contribution in [0.25, 0.3) is 10.8 Å². The first-order valence-electron chi connectivity index (χ1n) is 7.68. The first-order valence-corrected chi connectivity index (χ1v) is 7.68. The molecule has 2 heterocycles. The maximum atomic E-state index is 4.69. The van der Waals surface area contributed by atoms with Gasteiger partial charge in [-0.15, -0.1) is 0 Å². The molecular weight excluding hydrogens is 244 g/mol. The lowest BCUT2D eigenvalue weighted by molar-refractivity contribution is 0.342. The highest BCUT2D eigenvalue weighted by atomic mass is 15.0. The summed E-state index contributed by atoms with van der Waals surface area (Å²) in [5.74, 6) is 0.774. The van der Waals surface area contributed by atoms with Crippen LogP contribution in [-0.2, 0) is 0 Å². The number of pyridine rings is 1. The lowest BCUT2D eigenvalue weighted by Gasteiger charge is -2.35. The Balaban J connectivity index is 1.70. The van der Waals surface area contributed by atoms with Gasteiger partial charge in [0.05, 0.1) is 11.7 Å². The van der Waals surface area contributed by atoms with Gasteiger partial charge in [0, 0.05) is 18.1 Å². The van der Waals surface area contributed by atoms with E-state index in [-0.39, 0.29) is 0 Å². The number of piperidine rings is 1. The molecule has 0 radical (unpaired) electrons. The Morgan fingerprint density at radius 1 is 1.15 bits per heavy atom. The van der Waals surface area contributed by atoms with Gasteiger partial charge in [0.25, 0.3) is 0 Å². The van der Waals surface area contributed by atoms with Crippen LogP contribution >= 0.6 is 0 Å². The number of hydrogen-bond donors (Lipinski definition) is 1. The summed E-state index contributed by atoms with van der Waals surface area (Å²) in [4.78, 5) is 4.69. The molecular formula is C18H20N2. The first kappa shape index (κ1) is 12.1. The summed E-state index contributed by atoms with van der Waals surface area (Å²) in [6.45, 7) is 1.04. The summed E-state index contributed by atoms with van der Waals surface area (Å²) in [7, 11) is 0. The van der Waals surface area contributed by atoms with Crippen LogP contribution in [0.1, 0.15) is 37.4 Å². The lowest BCUT2D eigenvalue weighted by Crippen LogP contribution is -2.35. The molecule has 2 heteroatoms. The van der Waals surface area contributed by atoms with Crippen molar-refractivity contribution in [1.82, 2.24) is 10.3 Å². The van der Waals surface area contributed by atoms with Crippen molar-refractivity contribution in [2.75, 3.05) is 6.54 Å². The lowest BCUT2D eigenvalue weighted by atomic mass is 9.79. The van der Waals surface area contributed by atoms with Crippen molar-refractivity contribution < 1.29 is 0 Å². The number of aromatic nitrogens is 1. The van der Waals surface area contributed by atoms with Crippen molar-refractivity contribution in [1.29, 1.82) is 0 Å². The van der Waals surface area contributed by atoms with E-state index in [2.05, 4.69) is 46.7 Å². The van der Waals surface area contributed by atoms with Gasteiger partial charge in [-0.25, -0.2) is 0 Å². The molecule has 0 saturated carbocycles. The minimum Gasteiger partial charge on any atom is -0.305 e. The van der Waals surface area contributed by atoms with E-state index in [1.54, 1.807) is 5.57 Å². The predicted molar refractivity (Wildman–Crippen MR) is 82.5 cm³/mol. The summed E-state index contributed by atoms with van der Waals surface area (Å²) in [6.07, 6.45) is 9.58. The van der Waals surface area contributed by atoms with E-state index in [1.807, 2.05) is 6.20 Å². The molecule has 1 aliphatic carbocycles. The third-order valence-corrected chi connectivity index (χ3v) is 4.79. The molecule has 1 aromatic heterocycles. The standard InChI is InChI=1S/C18H20N2/c1-2-7-15-12-20-17(11-14(15)6-1)18-16-8-4-3-5-13(16)9-10-19-18/h3-5,7-10,14,17,20H,1-2,6,11-12H2. The molecule has 0 bridgehead atoms. The molecule has 20 heavy (non-hydrogen) atoms. The highest BCUT2D eigenvalue weighted by molar-refractivity contribution is 5.84. The molecule has 2 nitrogen and oxygen atoms in total. The van der Waals surface area contributed by atoms with E-state index in [1.165, 1.54) is 42.1 Å². The number of nitrogens with one attached hydrogen (secondary N) is 1. The Bertz CT molecular complexity index is 654. The van der Waals surface area contributed by atoms with Gasteiger partial charge in [-0.1, -0.05) is 35.9 Å². The van der Waals surface area contributed by atoms with Gasteiger partial charge in [0.1, 0.15) is 0 Å². The van der Waals surface area contributed by atoms with Crippen LogP contribution < -0.4 is 5.32 Å². The van der Waals surface area contributed by atoms with Crippen molar-refractivity contribution in [3.05, 3.63) is 53.9 Å². The number of benzene rings is 1. The molecule has 1 saturated heterocycles. The van der Waals surface area contributed by atoms with E-state index in [0.717, 1.165) is 12.5 Å². The van der Waals surface area contributed by atoms with Gasteiger partial charge in [-0.3, -0.25) is 4.98 Å². The second kappa shape index (κ2) is 5.02. The minimum absolute atomic E-state index is 0.404. The van der Waals surface area contributed by atoms with E-state index in [0.29, 0.717) is 6.04 Å². The maximum Gasteiger partial charge on any atom is 0.0651 e. The highest BCUT2D eigenvalue weighted by Crippen LogP contribution is 2.37. The first-order chi connectivity index (χ1) is 9.92. The molecule has 1 N–H and O–H groups in total. The Morgan fingerprint density at radius 2 is 2.10 bits per heavy atom. The third kappa shape index (κ3) is 2.04. The van der Waals surface area contributed by atoms with Crippen LogP contribution in [0.4, 0.5) is 0 Å². The van der Waals surface area contributed by atoms with Crippen molar-refractivity contribution in [2.45, 2.75) is 31.7 Å². The molecule has 0 spiro atoms. The molecule has 102 valence electrons. The quantitative estimate of drug-likeness (QED) is 0.788. The molecule has 2 atom stereocenters. The Hall–Kier alpha value is -1.67. The highest BCUT2D eigenvalue weighted by Gasteiger charge is 2.28. The fourth-order valence-electron chi connectivity index (χ4n) is 3.73. The predicted octanol–water partition coefficient (Wildman–Crippen LogP) is 4.00. The number of allylic oxidation sites excluding steroid dienone is 1. The summed E-state index contributed by atoms with van der Waals surface area (Å²) >= 11 is 0. The Labute approximate surface area is 119 Å². The van der Waals surface area contributed by atoms with Crippen LogP contribution in [0.3, 0.4) is 0 Å². The fourth-order valence-corrected chi connectivity index (χ4v) is 3.73. The number of nitrogens with zero attached hydrogens (tertiary/aromatic N) is 1. The largest absolute Gasteiger partial charge is 0.305 e. The third-order valence-electron chi connectivity index (χ3n) is 4.79. The average molecular weight is 264 g/mol. The minimum atomic E-state index is 0.404. The topological polar surface area (TPSA) is 24.9 Å². The van der Waals surface area contributed by atoms with Crippen LogP contribution in [0, 0.1) is 5.92 Å². The maximum absolute atomic E-state index is 4.69. The van der Waals surface area contributed by atoms with E-state index in [9.17, 15) is 0 Å². The Morgan fingerprint density at radius 3 is 3.10 bits per heavy atom. The smallest absolute Gasteiger partial charge is 0.0651 e. The van der Waals surface area contributed by atoms with E-state index < -0.39 is 0 Å². The SMILES string of the molecule is C1=C2CNC(c3nccc4ccccc34)CC2CCC1. The fraction of sp³-hybridized carbons (Fsp3) is 0.389. The van der Waals surface area contributed by atoms with Crippen LogP contribution in [0.15, 0.2) is 48.2 Å². The second-order valence-corrected chi connectivity index (χ2v) is 5.99. The van der Waals surface area contributed by atoms with Gasteiger partial charge < -0.3 is 5.32 Å². The molecule has 2 aliphatic rings. The van der Waals surface area contributed by atoms with E-state index >= 15 is 0 Å².